The molecule has 126 valence electrons. The Morgan fingerprint density at radius 1 is 1.17 bits per heavy atom. The van der Waals surface area contributed by atoms with Crippen LogP contribution in [0.1, 0.15) is 19.3 Å². The largest absolute Gasteiger partial charge is 0.390 e. The van der Waals surface area contributed by atoms with E-state index < -0.39 is 28.2 Å². The molecule has 2 saturated heterocycles. The number of β-amino-alcohol motifs (C(OH)–C–C–N with tert-alkyl or cyclic N) is 1. The van der Waals surface area contributed by atoms with Gasteiger partial charge in [-0.2, -0.15) is 4.31 Å². The summed E-state index contributed by atoms with van der Waals surface area (Å²) >= 11 is 11.8. The third-order valence-electron chi connectivity index (χ3n) is 4.26. The summed E-state index contributed by atoms with van der Waals surface area (Å²) in [6, 6.07) is 2.57. The van der Waals surface area contributed by atoms with Crippen LogP contribution in [0.3, 0.4) is 0 Å². The van der Waals surface area contributed by atoms with E-state index in [9.17, 15) is 18.3 Å². The molecule has 6 nitrogen and oxygen atoms in total. The lowest BCUT2D eigenvalue weighted by Crippen LogP contribution is -2.55. The molecule has 1 aromatic carbocycles. The molecule has 2 aliphatic heterocycles. The number of nitrogens with zero attached hydrogens (tertiary/aromatic N) is 1. The Balaban J connectivity index is 2.11. The summed E-state index contributed by atoms with van der Waals surface area (Å²) in [6.45, 7) is 0.0440. The third kappa shape index (κ3) is 3.08. The van der Waals surface area contributed by atoms with Gasteiger partial charge in [0.25, 0.3) is 0 Å². The van der Waals surface area contributed by atoms with Gasteiger partial charge in [0, 0.05) is 16.6 Å². The first-order valence-corrected chi connectivity index (χ1v) is 9.46. The average molecular weight is 379 g/mol. The van der Waals surface area contributed by atoms with Gasteiger partial charge in [0.1, 0.15) is 6.04 Å². The molecule has 3 rings (SSSR count). The Kier molecular flexibility index (Phi) is 4.59. The first-order valence-electron chi connectivity index (χ1n) is 7.26. The number of aliphatic hydroxyl groups is 1. The maximum absolute atomic E-state index is 13.1. The Bertz CT molecular complexity index is 720. The number of carbonyl (C=O) groups is 1. The van der Waals surface area contributed by atoms with Crippen molar-refractivity contribution in [3.8, 4) is 0 Å². The number of nitrogens with one attached hydrogen (secondary N) is 1. The summed E-state index contributed by atoms with van der Waals surface area (Å²) in [5.74, 6) is -0.386. The molecule has 2 bridgehead atoms. The number of sulfonamides is 1. The van der Waals surface area contributed by atoms with Gasteiger partial charge in [-0.25, -0.2) is 8.42 Å². The van der Waals surface area contributed by atoms with Crippen LogP contribution in [-0.4, -0.2) is 48.5 Å². The summed E-state index contributed by atoms with van der Waals surface area (Å²) < 4.78 is 27.3. The first kappa shape index (κ1) is 17.0. The average Bonchev–Trinajstić information content (AvgIpc) is 2.56. The number of rotatable bonds is 2. The molecule has 3 atom stereocenters. The molecule has 2 N–H and O–H groups in total. The molecule has 2 heterocycles. The smallest absolute Gasteiger partial charge is 0.244 e. The van der Waals surface area contributed by atoms with E-state index in [0.717, 1.165) is 4.31 Å². The first-order chi connectivity index (χ1) is 10.8. The lowest BCUT2D eigenvalue weighted by Gasteiger charge is -2.39. The van der Waals surface area contributed by atoms with E-state index >= 15 is 0 Å². The highest BCUT2D eigenvalue weighted by atomic mass is 35.5. The number of hydrogen-bond acceptors (Lipinski definition) is 4. The quantitative estimate of drug-likeness (QED) is 0.813. The second-order valence-corrected chi connectivity index (χ2v) is 8.48. The van der Waals surface area contributed by atoms with E-state index in [2.05, 4.69) is 5.32 Å². The lowest BCUT2D eigenvalue weighted by molar-refractivity contribution is -0.125. The van der Waals surface area contributed by atoms with Crippen LogP contribution in [0.4, 0.5) is 0 Å². The molecule has 0 radical (unpaired) electrons. The van der Waals surface area contributed by atoms with Crippen LogP contribution in [0.2, 0.25) is 10.0 Å². The number of piperidine rings is 1. The van der Waals surface area contributed by atoms with Crippen molar-refractivity contribution in [1.82, 2.24) is 9.62 Å². The van der Waals surface area contributed by atoms with E-state index in [1.165, 1.54) is 18.2 Å². The van der Waals surface area contributed by atoms with Gasteiger partial charge in [-0.1, -0.05) is 23.2 Å². The highest BCUT2D eigenvalue weighted by molar-refractivity contribution is 7.89. The van der Waals surface area contributed by atoms with Crippen molar-refractivity contribution in [2.75, 3.05) is 6.54 Å². The van der Waals surface area contributed by atoms with Gasteiger partial charge in [-0.05, 0) is 37.5 Å². The fourth-order valence-electron chi connectivity index (χ4n) is 3.22. The van der Waals surface area contributed by atoms with Gasteiger partial charge < -0.3 is 10.4 Å². The Morgan fingerprint density at radius 2 is 1.83 bits per heavy atom. The van der Waals surface area contributed by atoms with Crippen LogP contribution in [0, 0.1) is 0 Å². The Labute approximate surface area is 144 Å². The van der Waals surface area contributed by atoms with Crippen molar-refractivity contribution >= 4 is 39.1 Å². The molecule has 0 saturated carbocycles. The number of amides is 1. The van der Waals surface area contributed by atoms with E-state index in [-0.39, 0.29) is 27.4 Å². The third-order valence-corrected chi connectivity index (χ3v) is 6.60. The SMILES string of the molecule is O=C1NC[C@@H](O)[C@@H]2CCCC1N2S(=O)(=O)c1cc(Cl)cc(Cl)c1. The molecule has 1 aromatic rings. The highest BCUT2D eigenvalue weighted by Gasteiger charge is 2.47. The van der Waals surface area contributed by atoms with Gasteiger partial charge in [-0.3, -0.25) is 4.79 Å². The maximum atomic E-state index is 13.1. The van der Waals surface area contributed by atoms with Crippen molar-refractivity contribution in [3.05, 3.63) is 28.2 Å². The molecule has 23 heavy (non-hydrogen) atoms. The Morgan fingerprint density at radius 3 is 2.48 bits per heavy atom. The molecule has 2 fully saturated rings. The zero-order chi connectivity index (χ0) is 16.8. The van der Waals surface area contributed by atoms with Crippen LogP contribution in [0.5, 0.6) is 0 Å². The monoisotopic (exact) mass is 378 g/mol. The Hall–Kier alpha value is -0.860. The number of benzene rings is 1. The predicted octanol–water partition coefficient (Wildman–Crippen LogP) is 1.40. The molecule has 1 amide bonds. The molecular weight excluding hydrogens is 363 g/mol. The fraction of sp³-hybridized carbons (Fsp3) is 0.500. The van der Waals surface area contributed by atoms with Gasteiger partial charge >= 0.3 is 0 Å². The molecule has 1 unspecified atom stereocenters. The summed E-state index contributed by atoms with van der Waals surface area (Å²) in [7, 11) is -4.01. The van der Waals surface area contributed by atoms with E-state index in [0.29, 0.717) is 19.3 Å². The van der Waals surface area contributed by atoms with Crippen molar-refractivity contribution < 1.29 is 18.3 Å². The second-order valence-electron chi connectivity index (χ2n) is 5.77. The zero-order valence-electron chi connectivity index (χ0n) is 12.1. The molecular formula is C14H16Cl2N2O4S. The normalized spacial score (nSPS) is 29.0. The van der Waals surface area contributed by atoms with Crippen LogP contribution in [0.25, 0.3) is 0 Å². The molecule has 9 heteroatoms. The number of carbonyl (C=O) groups excluding carboxylic acids is 1. The number of hydrogen-bond donors (Lipinski definition) is 2. The fourth-order valence-corrected chi connectivity index (χ4v) is 5.81. The van der Waals surface area contributed by atoms with Gasteiger partial charge in [0.15, 0.2) is 0 Å². The molecule has 0 spiro atoms. The van der Waals surface area contributed by atoms with Crippen molar-refractivity contribution in [1.29, 1.82) is 0 Å². The maximum Gasteiger partial charge on any atom is 0.244 e. The van der Waals surface area contributed by atoms with Crippen molar-refractivity contribution in [2.24, 2.45) is 0 Å². The second kappa shape index (κ2) is 6.22. The minimum atomic E-state index is -4.01. The molecule has 0 aliphatic carbocycles. The van der Waals surface area contributed by atoms with Gasteiger partial charge in [0.2, 0.25) is 15.9 Å². The van der Waals surface area contributed by atoms with Crippen molar-refractivity contribution in [2.45, 2.75) is 42.3 Å². The van der Waals surface area contributed by atoms with Crippen LogP contribution >= 0.6 is 23.2 Å². The summed E-state index contributed by atoms with van der Waals surface area (Å²) in [4.78, 5) is 12.1. The molecule has 0 aromatic heterocycles. The van der Waals surface area contributed by atoms with Gasteiger partial charge in [0.05, 0.1) is 17.0 Å². The van der Waals surface area contributed by atoms with Gasteiger partial charge in [-0.15, -0.1) is 0 Å². The van der Waals surface area contributed by atoms with E-state index in [4.69, 9.17) is 23.2 Å². The van der Waals surface area contributed by atoms with Crippen LogP contribution < -0.4 is 5.32 Å². The predicted molar refractivity (Wildman–Crippen MR) is 85.9 cm³/mol. The van der Waals surface area contributed by atoms with Crippen LogP contribution in [0.15, 0.2) is 23.1 Å². The summed E-state index contributed by atoms with van der Waals surface area (Å²) in [5.41, 5.74) is 0. The van der Waals surface area contributed by atoms with Crippen molar-refractivity contribution in [3.63, 3.8) is 0 Å². The number of fused-ring (bicyclic) bond motifs is 2. The highest BCUT2D eigenvalue weighted by Crippen LogP contribution is 2.34. The zero-order valence-corrected chi connectivity index (χ0v) is 14.4. The minimum absolute atomic E-state index is 0.0440. The number of halogens is 2. The minimum Gasteiger partial charge on any atom is -0.390 e. The van der Waals surface area contributed by atoms with E-state index in [1.54, 1.807) is 0 Å². The topological polar surface area (TPSA) is 86.7 Å². The molecule has 2 aliphatic rings. The summed E-state index contributed by atoms with van der Waals surface area (Å²) in [5, 5.41) is 13.2. The van der Waals surface area contributed by atoms with Crippen LogP contribution in [-0.2, 0) is 14.8 Å². The number of aliphatic hydroxyl groups excluding tert-OH is 1. The standard InChI is InChI=1S/C14H16Cl2N2O4S/c15-8-4-9(16)6-10(5-8)23(21,22)18-11-2-1-3-12(18)14(20)17-7-13(11)19/h4-6,11-13,19H,1-3,7H2,(H,17,20)/t11-,12?,13+/m0/s1. The van der Waals surface area contributed by atoms with E-state index in [1.807, 2.05) is 0 Å². The summed E-state index contributed by atoms with van der Waals surface area (Å²) in [6.07, 6.45) is 0.652. The lowest BCUT2D eigenvalue weighted by atomic mass is 9.96.